The molecule has 0 heterocycles. The molecule has 0 saturated carbocycles. The first-order chi connectivity index (χ1) is 7.61. The molecule has 0 aliphatic heterocycles. The maximum absolute atomic E-state index is 12.4. The van der Waals surface area contributed by atoms with E-state index < -0.39 is 6.43 Å². The van der Waals surface area contributed by atoms with Crippen molar-refractivity contribution in [2.24, 2.45) is 5.92 Å². The van der Waals surface area contributed by atoms with Crippen molar-refractivity contribution in [1.29, 1.82) is 0 Å². The van der Waals surface area contributed by atoms with Gasteiger partial charge < -0.3 is 0 Å². The summed E-state index contributed by atoms with van der Waals surface area (Å²) in [6.07, 6.45) is 5.85. The van der Waals surface area contributed by atoms with Crippen LogP contribution in [0.5, 0.6) is 0 Å². The minimum Gasteiger partial charge on any atom is -0.210 e. The summed E-state index contributed by atoms with van der Waals surface area (Å²) < 4.78 is 24.8. The van der Waals surface area contributed by atoms with Crippen LogP contribution >= 0.6 is 21.6 Å². The third-order valence-corrected chi connectivity index (χ3v) is 5.19. The van der Waals surface area contributed by atoms with Crippen LogP contribution in [0.15, 0.2) is 0 Å². The second-order valence-electron chi connectivity index (χ2n) is 4.25. The number of hydrogen-bond acceptors (Lipinski definition) is 2. The molecule has 0 radical (unpaired) electrons. The molecule has 4 heteroatoms. The largest absolute Gasteiger partial charge is 0.239 e. The highest BCUT2D eigenvalue weighted by atomic mass is 33.1. The second-order valence-corrected chi connectivity index (χ2v) is 6.96. The summed E-state index contributed by atoms with van der Waals surface area (Å²) in [7, 11) is 3.22. The smallest absolute Gasteiger partial charge is 0.210 e. The lowest BCUT2D eigenvalue weighted by Crippen LogP contribution is -2.17. The van der Waals surface area contributed by atoms with Gasteiger partial charge in [-0.3, -0.25) is 0 Å². The summed E-state index contributed by atoms with van der Waals surface area (Å²) in [6.45, 7) is 4.30. The van der Waals surface area contributed by atoms with Crippen molar-refractivity contribution < 1.29 is 8.78 Å². The zero-order chi connectivity index (χ0) is 12.4. The number of unbranched alkanes of at least 4 members (excludes halogenated alkanes) is 3. The summed E-state index contributed by atoms with van der Waals surface area (Å²) in [4.78, 5) is 0. The second kappa shape index (κ2) is 10.7. The van der Waals surface area contributed by atoms with E-state index in [0.717, 1.165) is 6.42 Å². The molecule has 16 heavy (non-hydrogen) atoms. The van der Waals surface area contributed by atoms with E-state index in [0.29, 0.717) is 5.92 Å². The molecule has 0 spiro atoms. The van der Waals surface area contributed by atoms with Gasteiger partial charge in [0.1, 0.15) is 0 Å². The standard InChI is InChI=1S/C12H24F2S2/c1-4-5-6-7-8-10(2)11(16-15-3)9-12(13)14/h10-12H,4-9H2,1-3H3. The fourth-order valence-electron chi connectivity index (χ4n) is 1.74. The fourth-order valence-corrected chi connectivity index (χ4v) is 4.09. The summed E-state index contributed by atoms with van der Waals surface area (Å²) in [5, 5.41) is 0.108. The van der Waals surface area contributed by atoms with Crippen LogP contribution in [0, 0.1) is 5.92 Å². The van der Waals surface area contributed by atoms with Crippen LogP contribution in [0.1, 0.15) is 52.4 Å². The lowest BCUT2D eigenvalue weighted by atomic mass is 9.97. The molecule has 2 atom stereocenters. The molecule has 0 aromatic carbocycles. The zero-order valence-corrected chi connectivity index (χ0v) is 12.2. The average molecular weight is 270 g/mol. The minimum absolute atomic E-state index is 0.0421. The van der Waals surface area contributed by atoms with Gasteiger partial charge in [-0.25, -0.2) is 8.78 Å². The van der Waals surface area contributed by atoms with Crippen LogP contribution in [0.3, 0.4) is 0 Å². The first-order valence-corrected chi connectivity index (χ1v) is 8.71. The third kappa shape index (κ3) is 8.68. The van der Waals surface area contributed by atoms with Crippen LogP contribution in [0.25, 0.3) is 0 Å². The van der Waals surface area contributed by atoms with E-state index in [1.807, 2.05) is 6.26 Å². The quantitative estimate of drug-likeness (QED) is 0.373. The Morgan fingerprint density at radius 3 is 2.31 bits per heavy atom. The van der Waals surface area contributed by atoms with Gasteiger partial charge in [-0.15, -0.1) is 0 Å². The molecule has 0 fully saturated rings. The summed E-state index contributed by atoms with van der Waals surface area (Å²) in [6, 6.07) is 0. The summed E-state index contributed by atoms with van der Waals surface area (Å²) in [5.41, 5.74) is 0. The highest BCUT2D eigenvalue weighted by Crippen LogP contribution is 2.35. The van der Waals surface area contributed by atoms with Crippen LogP contribution in [-0.4, -0.2) is 17.9 Å². The Hall–Kier alpha value is 0.560. The highest BCUT2D eigenvalue weighted by molar-refractivity contribution is 8.76. The average Bonchev–Trinajstić information content (AvgIpc) is 2.23. The Kier molecular flexibility index (Phi) is 11.1. The Balaban J connectivity index is 3.81. The molecule has 0 amide bonds. The molecule has 0 bridgehead atoms. The SMILES string of the molecule is CCCCCCC(C)C(CC(F)F)SSC. The maximum atomic E-state index is 12.4. The minimum atomic E-state index is -2.16. The first-order valence-electron chi connectivity index (χ1n) is 6.09. The van der Waals surface area contributed by atoms with E-state index in [4.69, 9.17) is 0 Å². The fraction of sp³-hybridized carbons (Fsp3) is 1.00. The molecule has 0 aromatic rings. The van der Waals surface area contributed by atoms with Gasteiger partial charge in [0.25, 0.3) is 0 Å². The zero-order valence-electron chi connectivity index (χ0n) is 10.5. The van der Waals surface area contributed by atoms with E-state index in [1.165, 1.54) is 25.7 Å². The lowest BCUT2D eigenvalue weighted by Gasteiger charge is -2.22. The third-order valence-electron chi connectivity index (χ3n) is 2.78. The Morgan fingerprint density at radius 2 is 1.81 bits per heavy atom. The number of hydrogen-bond donors (Lipinski definition) is 0. The van der Waals surface area contributed by atoms with E-state index in [1.54, 1.807) is 21.6 Å². The van der Waals surface area contributed by atoms with E-state index in [2.05, 4.69) is 13.8 Å². The first kappa shape index (κ1) is 16.6. The molecule has 0 nitrogen and oxygen atoms in total. The van der Waals surface area contributed by atoms with Gasteiger partial charge in [0.05, 0.1) is 0 Å². The van der Waals surface area contributed by atoms with Gasteiger partial charge in [0.15, 0.2) is 0 Å². The maximum Gasteiger partial charge on any atom is 0.239 e. The van der Waals surface area contributed by atoms with Gasteiger partial charge in [-0.1, -0.05) is 61.1 Å². The molecule has 0 rings (SSSR count). The van der Waals surface area contributed by atoms with Crippen LogP contribution in [-0.2, 0) is 0 Å². The van der Waals surface area contributed by atoms with E-state index >= 15 is 0 Å². The molecule has 2 unspecified atom stereocenters. The topological polar surface area (TPSA) is 0 Å². The van der Waals surface area contributed by atoms with Crippen molar-refractivity contribution in [3.8, 4) is 0 Å². The molecular weight excluding hydrogens is 246 g/mol. The molecule has 0 aliphatic carbocycles. The molecule has 98 valence electrons. The van der Waals surface area contributed by atoms with Crippen LogP contribution in [0.4, 0.5) is 8.78 Å². The van der Waals surface area contributed by atoms with Crippen molar-refractivity contribution in [3.63, 3.8) is 0 Å². The summed E-state index contributed by atoms with van der Waals surface area (Å²) >= 11 is 0. The van der Waals surface area contributed by atoms with Gasteiger partial charge in [-0.2, -0.15) is 0 Å². The van der Waals surface area contributed by atoms with Crippen molar-refractivity contribution >= 4 is 21.6 Å². The number of alkyl halides is 2. The van der Waals surface area contributed by atoms with Crippen LogP contribution in [0.2, 0.25) is 0 Å². The van der Waals surface area contributed by atoms with Crippen molar-refractivity contribution in [2.45, 2.75) is 64.0 Å². The van der Waals surface area contributed by atoms with E-state index in [-0.39, 0.29) is 11.7 Å². The van der Waals surface area contributed by atoms with Crippen molar-refractivity contribution in [3.05, 3.63) is 0 Å². The van der Waals surface area contributed by atoms with Gasteiger partial charge in [0.2, 0.25) is 6.43 Å². The predicted molar refractivity (Wildman–Crippen MR) is 73.4 cm³/mol. The molecule has 0 N–H and O–H groups in total. The summed E-state index contributed by atoms with van der Waals surface area (Å²) in [5.74, 6) is 0.406. The Bertz CT molecular complexity index is 154. The molecule has 0 aromatic heterocycles. The molecule has 0 saturated heterocycles. The normalized spacial score (nSPS) is 15.4. The number of halogens is 2. The number of rotatable bonds is 10. The molecular formula is C12H24F2S2. The highest BCUT2D eigenvalue weighted by Gasteiger charge is 2.21. The predicted octanol–water partition coefficient (Wildman–Crippen LogP) is 5.63. The van der Waals surface area contributed by atoms with Gasteiger partial charge in [0, 0.05) is 11.7 Å². The van der Waals surface area contributed by atoms with E-state index in [9.17, 15) is 8.78 Å². The van der Waals surface area contributed by atoms with Crippen LogP contribution < -0.4 is 0 Å². The van der Waals surface area contributed by atoms with Gasteiger partial charge >= 0.3 is 0 Å². The van der Waals surface area contributed by atoms with Gasteiger partial charge in [-0.05, 0) is 18.6 Å². The molecule has 0 aliphatic rings. The van der Waals surface area contributed by atoms with Crippen molar-refractivity contribution in [1.82, 2.24) is 0 Å². The monoisotopic (exact) mass is 270 g/mol. The van der Waals surface area contributed by atoms with Crippen molar-refractivity contribution in [2.75, 3.05) is 6.26 Å². The Morgan fingerprint density at radius 1 is 1.12 bits per heavy atom. The lowest BCUT2D eigenvalue weighted by molar-refractivity contribution is 0.130. The Labute approximate surface area is 107 Å².